The van der Waals surface area contributed by atoms with E-state index in [2.05, 4.69) is 5.32 Å². The molecule has 2 aromatic carbocycles. The first kappa shape index (κ1) is 22.6. The second kappa shape index (κ2) is 9.80. The Morgan fingerprint density at radius 1 is 1.03 bits per heavy atom. The van der Waals surface area contributed by atoms with E-state index in [1.54, 1.807) is 18.2 Å². The number of hydrogen-bond donors (Lipinski definition) is 1. The minimum atomic E-state index is -3.82. The molecule has 1 atom stereocenters. The van der Waals surface area contributed by atoms with Crippen molar-refractivity contribution >= 4 is 15.7 Å². The summed E-state index contributed by atoms with van der Waals surface area (Å²) in [5.74, 6) is 0.251. The third-order valence-electron chi connectivity index (χ3n) is 4.78. The molecule has 1 heterocycles. The zero-order chi connectivity index (χ0) is 22.4. The quantitative estimate of drug-likeness (QED) is 0.545. The molecule has 0 aliphatic rings. The van der Waals surface area contributed by atoms with Crippen LogP contribution in [0.2, 0.25) is 0 Å². The third-order valence-corrected chi connectivity index (χ3v) is 6.42. The van der Waals surface area contributed by atoms with Gasteiger partial charge in [-0.3, -0.25) is 4.79 Å². The zero-order valence-corrected chi connectivity index (χ0v) is 18.6. The minimum absolute atomic E-state index is 0.0568. The summed E-state index contributed by atoms with van der Waals surface area (Å²) in [7, 11) is 0.0277. The maximum Gasteiger partial charge on any atom is 0.287 e. The molecule has 8 heteroatoms. The van der Waals surface area contributed by atoms with Crippen molar-refractivity contribution in [2.24, 2.45) is 0 Å². The SMILES string of the molecule is CCOc1ccc(C(CNC(=O)c2ccc(S(=O)(=O)c3ccccc3)o2)N(C)C)cc1. The van der Waals surface area contributed by atoms with E-state index >= 15 is 0 Å². The molecule has 1 amide bonds. The van der Waals surface area contributed by atoms with Crippen molar-refractivity contribution in [3.05, 3.63) is 78.1 Å². The van der Waals surface area contributed by atoms with E-state index in [9.17, 15) is 13.2 Å². The molecule has 1 unspecified atom stereocenters. The number of furan rings is 1. The molecule has 164 valence electrons. The van der Waals surface area contributed by atoms with Gasteiger partial charge in [0.1, 0.15) is 5.75 Å². The van der Waals surface area contributed by atoms with Crippen molar-refractivity contribution in [2.45, 2.75) is 23.0 Å². The molecule has 0 spiro atoms. The van der Waals surface area contributed by atoms with Crippen LogP contribution >= 0.6 is 0 Å². The minimum Gasteiger partial charge on any atom is -0.494 e. The Morgan fingerprint density at radius 2 is 1.71 bits per heavy atom. The second-order valence-corrected chi connectivity index (χ2v) is 9.01. The Bertz CT molecular complexity index is 1110. The number of nitrogens with zero attached hydrogens (tertiary/aromatic N) is 1. The molecule has 1 aromatic heterocycles. The second-order valence-electron chi connectivity index (χ2n) is 7.13. The van der Waals surface area contributed by atoms with Gasteiger partial charge in [-0.15, -0.1) is 0 Å². The van der Waals surface area contributed by atoms with Crippen LogP contribution in [-0.2, 0) is 9.84 Å². The summed E-state index contributed by atoms with van der Waals surface area (Å²) in [6.45, 7) is 2.84. The lowest BCUT2D eigenvalue weighted by atomic mass is 10.1. The lowest BCUT2D eigenvalue weighted by molar-refractivity contribution is 0.0908. The fourth-order valence-corrected chi connectivity index (χ4v) is 4.32. The monoisotopic (exact) mass is 442 g/mol. The average molecular weight is 443 g/mol. The lowest BCUT2D eigenvalue weighted by Crippen LogP contribution is -2.34. The highest BCUT2D eigenvalue weighted by Crippen LogP contribution is 2.24. The van der Waals surface area contributed by atoms with Crippen molar-refractivity contribution < 1.29 is 22.4 Å². The van der Waals surface area contributed by atoms with Crippen LogP contribution in [0.25, 0.3) is 0 Å². The van der Waals surface area contributed by atoms with Crippen LogP contribution in [0.5, 0.6) is 5.75 Å². The summed E-state index contributed by atoms with van der Waals surface area (Å²) in [4.78, 5) is 14.7. The molecule has 0 fully saturated rings. The van der Waals surface area contributed by atoms with Crippen molar-refractivity contribution in [1.29, 1.82) is 0 Å². The number of sulfone groups is 1. The number of rotatable bonds is 9. The smallest absolute Gasteiger partial charge is 0.287 e. The van der Waals surface area contributed by atoms with Gasteiger partial charge < -0.3 is 19.4 Å². The molecule has 0 aliphatic heterocycles. The van der Waals surface area contributed by atoms with Gasteiger partial charge in [0.2, 0.25) is 14.9 Å². The van der Waals surface area contributed by atoms with Gasteiger partial charge in [-0.1, -0.05) is 30.3 Å². The van der Waals surface area contributed by atoms with Crippen molar-refractivity contribution in [3.63, 3.8) is 0 Å². The van der Waals surface area contributed by atoms with E-state index in [1.165, 1.54) is 24.3 Å². The maximum absolute atomic E-state index is 12.6. The topological polar surface area (TPSA) is 88.8 Å². The number of ether oxygens (including phenoxy) is 1. The molecule has 7 nitrogen and oxygen atoms in total. The van der Waals surface area contributed by atoms with Gasteiger partial charge in [-0.2, -0.15) is 0 Å². The Kier molecular flexibility index (Phi) is 7.14. The summed E-state index contributed by atoms with van der Waals surface area (Å²) in [5.41, 5.74) is 1.01. The third kappa shape index (κ3) is 5.34. The predicted octanol–water partition coefficient (Wildman–Crippen LogP) is 3.54. The van der Waals surface area contributed by atoms with Crippen molar-refractivity contribution in [3.8, 4) is 5.75 Å². The maximum atomic E-state index is 12.6. The van der Waals surface area contributed by atoms with Gasteiger partial charge in [-0.05, 0) is 63.0 Å². The first-order valence-electron chi connectivity index (χ1n) is 9.90. The molecule has 0 saturated carbocycles. The van der Waals surface area contributed by atoms with Crippen molar-refractivity contribution in [1.82, 2.24) is 10.2 Å². The summed E-state index contributed by atoms with van der Waals surface area (Å²) in [6.07, 6.45) is 0. The van der Waals surface area contributed by atoms with Crippen LogP contribution in [-0.4, -0.2) is 46.5 Å². The van der Waals surface area contributed by atoms with Gasteiger partial charge in [-0.25, -0.2) is 8.42 Å². The highest BCUT2D eigenvalue weighted by Gasteiger charge is 2.24. The first-order chi connectivity index (χ1) is 14.8. The molecule has 31 heavy (non-hydrogen) atoms. The van der Waals surface area contributed by atoms with Crippen LogP contribution in [0.15, 0.2) is 81.1 Å². The van der Waals surface area contributed by atoms with Crippen LogP contribution in [0, 0.1) is 0 Å². The molecule has 0 aliphatic carbocycles. The number of hydrogen-bond acceptors (Lipinski definition) is 6. The first-order valence-corrected chi connectivity index (χ1v) is 11.4. The standard InChI is InChI=1S/C23H26N2O5S/c1-4-29-18-12-10-17(11-13-18)20(25(2)3)16-24-23(26)21-14-15-22(30-21)31(27,28)19-8-6-5-7-9-19/h5-15,20H,4,16H2,1-3H3,(H,24,26). The highest BCUT2D eigenvalue weighted by atomic mass is 32.2. The highest BCUT2D eigenvalue weighted by molar-refractivity contribution is 7.91. The number of likely N-dealkylation sites (N-methyl/N-ethyl adjacent to an activating group) is 1. The average Bonchev–Trinajstić information content (AvgIpc) is 3.27. The molecule has 0 radical (unpaired) electrons. The number of carbonyl (C=O) groups is 1. The summed E-state index contributed by atoms with van der Waals surface area (Å²) in [6, 6.07) is 18.2. The Hall–Kier alpha value is -3.10. The van der Waals surface area contributed by atoms with Crippen molar-refractivity contribution in [2.75, 3.05) is 27.2 Å². The van der Waals surface area contributed by atoms with E-state index in [-0.39, 0.29) is 21.8 Å². The molecule has 0 bridgehead atoms. The summed E-state index contributed by atoms with van der Waals surface area (Å²) < 4.78 is 36.1. The van der Waals surface area contributed by atoms with Crippen LogP contribution in [0.3, 0.4) is 0 Å². The lowest BCUT2D eigenvalue weighted by Gasteiger charge is -2.25. The zero-order valence-electron chi connectivity index (χ0n) is 17.7. The normalized spacial score (nSPS) is 12.5. The van der Waals surface area contributed by atoms with Gasteiger partial charge in [0.15, 0.2) is 5.76 Å². The summed E-state index contributed by atoms with van der Waals surface area (Å²) in [5, 5.41) is 2.56. The predicted molar refractivity (Wildman–Crippen MR) is 117 cm³/mol. The number of carbonyl (C=O) groups excluding carboxylic acids is 1. The molecular weight excluding hydrogens is 416 g/mol. The number of amides is 1. The van der Waals surface area contributed by atoms with Crippen LogP contribution < -0.4 is 10.1 Å². The van der Waals surface area contributed by atoms with E-state index in [4.69, 9.17) is 9.15 Å². The Morgan fingerprint density at radius 3 is 2.32 bits per heavy atom. The Balaban J connectivity index is 1.69. The molecule has 0 saturated heterocycles. The summed E-state index contributed by atoms with van der Waals surface area (Å²) >= 11 is 0. The largest absolute Gasteiger partial charge is 0.494 e. The Labute approximate surface area is 182 Å². The molecule has 3 aromatic rings. The van der Waals surface area contributed by atoms with E-state index in [1.807, 2.05) is 50.2 Å². The fraction of sp³-hybridized carbons (Fsp3) is 0.261. The van der Waals surface area contributed by atoms with Gasteiger partial charge in [0.25, 0.3) is 5.91 Å². The van der Waals surface area contributed by atoms with E-state index in [0.29, 0.717) is 13.2 Å². The number of nitrogens with one attached hydrogen (secondary N) is 1. The molecular formula is C23H26N2O5S. The molecule has 3 rings (SSSR count). The van der Waals surface area contributed by atoms with Gasteiger partial charge >= 0.3 is 0 Å². The van der Waals surface area contributed by atoms with Gasteiger partial charge in [0, 0.05) is 6.54 Å². The number of benzene rings is 2. The fourth-order valence-electron chi connectivity index (χ4n) is 3.13. The van der Waals surface area contributed by atoms with Crippen LogP contribution in [0.1, 0.15) is 29.1 Å². The van der Waals surface area contributed by atoms with E-state index in [0.717, 1.165) is 11.3 Å². The van der Waals surface area contributed by atoms with Crippen LogP contribution in [0.4, 0.5) is 0 Å². The molecule has 1 N–H and O–H groups in total. The van der Waals surface area contributed by atoms with Gasteiger partial charge in [0.05, 0.1) is 17.5 Å². The van der Waals surface area contributed by atoms with E-state index < -0.39 is 15.7 Å².